The van der Waals surface area contributed by atoms with Crippen LogP contribution in [0.25, 0.3) is 0 Å². The van der Waals surface area contributed by atoms with Crippen LogP contribution in [0.4, 0.5) is 10.1 Å². The Morgan fingerprint density at radius 3 is 2.57 bits per heavy atom. The predicted octanol–water partition coefficient (Wildman–Crippen LogP) is 3.17. The topological polar surface area (TPSA) is 65.1 Å². The first-order valence-corrected chi connectivity index (χ1v) is 8.74. The largest absolute Gasteiger partial charge is 0.493 e. The average molecular weight is 383 g/mol. The maximum absolute atomic E-state index is 13.7. The second-order valence-corrected chi connectivity index (χ2v) is 6.52. The van der Waals surface area contributed by atoms with Crippen LogP contribution in [0, 0.1) is 5.82 Å². The minimum atomic E-state index is -0.470. The summed E-state index contributed by atoms with van der Waals surface area (Å²) in [6.07, 6.45) is 0.0555. The summed E-state index contributed by atoms with van der Waals surface area (Å²) in [5.74, 6) is -0.570. The van der Waals surface area contributed by atoms with Crippen LogP contribution in [0.1, 0.15) is 17.9 Å². The molecule has 7 heteroatoms. The number of halogens is 1. The molecule has 0 N–H and O–H groups in total. The first-order valence-electron chi connectivity index (χ1n) is 8.74. The van der Waals surface area contributed by atoms with Crippen molar-refractivity contribution in [1.82, 2.24) is 0 Å². The van der Waals surface area contributed by atoms with Gasteiger partial charge in [0.2, 0.25) is 5.91 Å². The zero-order valence-corrected chi connectivity index (χ0v) is 15.4. The Bertz CT molecular complexity index is 1000. The molecule has 0 aromatic heterocycles. The molecule has 0 fully saturated rings. The lowest BCUT2D eigenvalue weighted by Crippen LogP contribution is -2.37. The van der Waals surface area contributed by atoms with Gasteiger partial charge in [-0.3, -0.25) is 9.69 Å². The number of benzene rings is 2. The lowest BCUT2D eigenvalue weighted by molar-refractivity contribution is -0.136. The van der Waals surface area contributed by atoms with Gasteiger partial charge in [0, 0.05) is 12.3 Å². The minimum Gasteiger partial charge on any atom is -0.493 e. The molecular weight excluding hydrogens is 365 g/mol. The second kappa shape index (κ2) is 6.99. The molecule has 0 aliphatic carbocycles. The zero-order valence-electron chi connectivity index (χ0n) is 15.4. The quantitative estimate of drug-likeness (QED) is 0.759. The maximum Gasteiger partial charge on any atom is 0.336 e. The third-order valence-corrected chi connectivity index (χ3v) is 4.99. The van der Waals surface area contributed by atoms with Crippen molar-refractivity contribution in [2.45, 2.75) is 12.3 Å². The molecule has 0 radical (unpaired) electrons. The van der Waals surface area contributed by atoms with Gasteiger partial charge in [0.15, 0.2) is 11.5 Å². The fourth-order valence-electron chi connectivity index (χ4n) is 3.72. The molecule has 2 heterocycles. The molecule has 0 spiro atoms. The molecule has 6 nitrogen and oxygen atoms in total. The monoisotopic (exact) mass is 383 g/mol. The van der Waals surface area contributed by atoms with E-state index in [1.165, 1.54) is 37.3 Å². The number of ether oxygens (including phenoxy) is 3. The predicted molar refractivity (Wildman–Crippen MR) is 98.8 cm³/mol. The van der Waals surface area contributed by atoms with Crippen molar-refractivity contribution in [3.63, 3.8) is 0 Å². The average Bonchev–Trinajstić information content (AvgIpc) is 3.08. The minimum absolute atomic E-state index is 0.0276. The first-order chi connectivity index (χ1) is 13.5. The fraction of sp³-hybridized carbons (Fsp3) is 0.238. The van der Waals surface area contributed by atoms with Crippen molar-refractivity contribution < 1.29 is 28.2 Å². The number of cyclic esters (lactones) is 1. The Kier molecular flexibility index (Phi) is 4.50. The van der Waals surface area contributed by atoms with Gasteiger partial charge in [-0.05, 0) is 35.9 Å². The van der Waals surface area contributed by atoms with Crippen LogP contribution in [0.2, 0.25) is 0 Å². The molecule has 28 heavy (non-hydrogen) atoms. The van der Waals surface area contributed by atoms with Crippen molar-refractivity contribution in [2.75, 3.05) is 25.7 Å². The van der Waals surface area contributed by atoms with Gasteiger partial charge in [-0.1, -0.05) is 12.1 Å². The number of carbonyl (C=O) groups is 2. The molecule has 0 unspecified atom stereocenters. The smallest absolute Gasteiger partial charge is 0.336 e. The summed E-state index contributed by atoms with van der Waals surface area (Å²) < 4.78 is 29.5. The van der Waals surface area contributed by atoms with Gasteiger partial charge >= 0.3 is 5.97 Å². The van der Waals surface area contributed by atoms with E-state index in [1.54, 1.807) is 24.3 Å². The van der Waals surface area contributed by atoms with Crippen molar-refractivity contribution in [1.29, 1.82) is 0 Å². The third kappa shape index (κ3) is 2.89. The number of nitrogens with zero attached hydrogens (tertiary/aromatic N) is 1. The SMILES string of the molecule is COc1ccc([C@@H]2CC(=O)N(c3cccc(F)c3)C3=C2C(=O)OC3)cc1OC. The summed E-state index contributed by atoms with van der Waals surface area (Å²) >= 11 is 0. The molecule has 1 atom stereocenters. The Balaban J connectivity index is 1.81. The molecule has 1 amide bonds. The van der Waals surface area contributed by atoms with E-state index in [-0.39, 0.29) is 18.9 Å². The summed E-state index contributed by atoms with van der Waals surface area (Å²) in [5.41, 5.74) is 1.99. The maximum atomic E-state index is 13.7. The van der Waals surface area contributed by atoms with E-state index in [0.29, 0.717) is 28.5 Å². The Morgan fingerprint density at radius 1 is 1.07 bits per heavy atom. The van der Waals surface area contributed by atoms with Crippen LogP contribution in [-0.4, -0.2) is 32.7 Å². The van der Waals surface area contributed by atoms with Crippen LogP contribution in [0.3, 0.4) is 0 Å². The number of methoxy groups -OCH3 is 2. The van der Waals surface area contributed by atoms with E-state index >= 15 is 0 Å². The highest BCUT2D eigenvalue weighted by atomic mass is 19.1. The van der Waals surface area contributed by atoms with Crippen LogP contribution in [0.15, 0.2) is 53.7 Å². The van der Waals surface area contributed by atoms with E-state index in [9.17, 15) is 14.0 Å². The first kappa shape index (κ1) is 18.0. The summed E-state index contributed by atoms with van der Waals surface area (Å²) in [4.78, 5) is 26.8. The number of amides is 1. The molecule has 144 valence electrons. The molecule has 2 aliphatic rings. The van der Waals surface area contributed by atoms with Crippen LogP contribution in [0.5, 0.6) is 11.5 Å². The van der Waals surface area contributed by atoms with Crippen molar-refractivity contribution >= 4 is 17.6 Å². The Labute approximate surface area is 161 Å². The van der Waals surface area contributed by atoms with E-state index in [0.717, 1.165) is 5.56 Å². The fourth-order valence-corrected chi connectivity index (χ4v) is 3.72. The van der Waals surface area contributed by atoms with E-state index in [4.69, 9.17) is 14.2 Å². The summed E-state index contributed by atoms with van der Waals surface area (Å²) in [6.45, 7) is -0.0276. The molecule has 0 bridgehead atoms. The molecule has 4 rings (SSSR count). The standard InChI is InChI=1S/C21H18FNO5/c1-26-17-7-6-12(8-18(17)27-2)15-10-19(24)23(14-5-3-4-13(22)9-14)16-11-28-21(25)20(15)16/h3-9,15H,10-11H2,1-2H3/t15-/m0/s1. The van der Waals surface area contributed by atoms with Crippen LogP contribution in [-0.2, 0) is 14.3 Å². The third-order valence-electron chi connectivity index (χ3n) is 4.99. The molecule has 2 aromatic carbocycles. The lowest BCUT2D eigenvalue weighted by Gasteiger charge is -2.32. The van der Waals surface area contributed by atoms with Crippen LogP contribution < -0.4 is 14.4 Å². The molecule has 0 saturated heterocycles. The van der Waals surface area contributed by atoms with Crippen LogP contribution >= 0.6 is 0 Å². The highest BCUT2D eigenvalue weighted by Crippen LogP contribution is 2.43. The van der Waals surface area contributed by atoms with E-state index in [1.807, 2.05) is 0 Å². The number of carbonyl (C=O) groups excluding carboxylic acids is 2. The van der Waals surface area contributed by atoms with Gasteiger partial charge in [0.1, 0.15) is 12.4 Å². The van der Waals surface area contributed by atoms with E-state index < -0.39 is 17.7 Å². The van der Waals surface area contributed by atoms with Crippen molar-refractivity contribution in [3.8, 4) is 11.5 Å². The second-order valence-electron chi connectivity index (χ2n) is 6.52. The highest BCUT2D eigenvalue weighted by Gasteiger charge is 2.43. The number of hydrogen-bond donors (Lipinski definition) is 0. The normalized spacial score (nSPS) is 18.8. The van der Waals surface area contributed by atoms with Gasteiger partial charge in [-0.2, -0.15) is 0 Å². The summed E-state index contributed by atoms with van der Waals surface area (Å²) in [5, 5.41) is 0. The van der Waals surface area contributed by atoms with Crippen molar-refractivity contribution in [3.05, 3.63) is 65.1 Å². The van der Waals surface area contributed by atoms with Gasteiger partial charge < -0.3 is 14.2 Å². The van der Waals surface area contributed by atoms with Gasteiger partial charge in [0.25, 0.3) is 0 Å². The number of esters is 1. The summed E-state index contributed by atoms with van der Waals surface area (Å²) in [7, 11) is 3.06. The van der Waals surface area contributed by atoms with Gasteiger partial charge in [-0.25, -0.2) is 9.18 Å². The number of hydrogen-bond acceptors (Lipinski definition) is 5. The Morgan fingerprint density at radius 2 is 1.86 bits per heavy atom. The number of anilines is 1. The highest BCUT2D eigenvalue weighted by molar-refractivity contribution is 6.06. The molecule has 0 saturated carbocycles. The molecular formula is C21H18FNO5. The summed E-state index contributed by atoms with van der Waals surface area (Å²) in [6, 6.07) is 11.0. The molecule has 2 aromatic rings. The lowest BCUT2D eigenvalue weighted by atomic mass is 9.84. The van der Waals surface area contributed by atoms with Gasteiger partial charge in [-0.15, -0.1) is 0 Å². The van der Waals surface area contributed by atoms with Crippen molar-refractivity contribution in [2.24, 2.45) is 0 Å². The zero-order chi connectivity index (χ0) is 19.8. The Hall–Kier alpha value is -3.35. The van der Waals surface area contributed by atoms with Gasteiger partial charge in [0.05, 0.1) is 31.2 Å². The number of rotatable bonds is 4. The van der Waals surface area contributed by atoms with E-state index in [2.05, 4.69) is 0 Å². The molecule has 2 aliphatic heterocycles.